The van der Waals surface area contributed by atoms with E-state index in [2.05, 4.69) is 0 Å². The molecule has 0 aliphatic carbocycles. The van der Waals surface area contributed by atoms with Gasteiger partial charge in [0.25, 0.3) is 0 Å². The molecule has 9 nitrogen and oxygen atoms in total. The molecule has 5 atom stereocenters. The topological polar surface area (TPSA) is 132 Å². The van der Waals surface area contributed by atoms with Crippen LogP contribution in [-0.4, -0.2) is 78.8 Å². The molecule has 0 aromatic carbocycles. The van der Waals surface area contributed by atoms with E-state index in [0.29, 0.717) is 0 Å². The minimum atomic E-state index is -1.40. The minimum Gasteiger partial charge on any atom is -0.481 e. The molecule has 1 heterocycles. The summed E-state index contributed by atoms with van der Waals surface area (Å²) >= 11 is 0. The lowest BCUT2D eigenvalue weighted by molar-refractivity contribution is -0.298. The van der Waals surface area contributed by atoms with E-state index in [0.717, 1.165) is 0 Å². The number of hydrogen-bond donors (Lipinski definition) is 3. The van der Waals surface area contributed by atoms with Crippen LogP contribution in [0.15, 0.2) is 0 Å². The summed E-state index contributed by atoms with van der Waals surface area (Å²) in [5.41, 5.74) is 0. The fraction of sp³-hybridized carbons (Fsp3) is 0.833. The number of rotatable bonds is 7. The van der Waals surface area contributed by atoms with Crippen molar-refractivity contribution in [2.75, 3.05) is 20.8 Å². The first-order chi connectivity index (χ1) is 9.90. The number of hydrogen-bond acceptors (Lipinski definition) is 8. The molecule has 1 aliphatic rings. The van der Waals surface area contributed by atoms with E-state index < -0.39 is 49.1 Å². The van der Waals surface area contributed by atoms with Crippen LogP contribution in [-0.2, 0) is 28.5 Å². The normalized spacial score (nSPS) is 32.7. The van der Waals surface area contributed by atoms with E-state index in [4.69, 9.17) is 24.1 Å². The third kappa shape index (κ3) is 4.90. The number of carbonyl (C=O) groups is 2. The standard InChI is InChI=1S/C12H20O9/c1-18-5-6-9(16)11(10(17)12(19-2)20-6)21-8(15)4-3-7(13)14/h6,9-12,16-17H,3-5H2,1-2H3,(H,13,14). The summed E-state index contributed by atoms with van der Waals surface area (Å²) in [7, 11) is 2.69. The van der Waals surface area contributed by atoms with Gasteiger partial charge >= 0.3 is 11.9 Å². The highest BCUT2D eigenvalue weighted by Crippen LogP contribution is 2.24. The Labute approximate surface area is 121 Å². The van der Waals surface area contributed by atoms with Crippen LogP contribution in [0.3, 0.4) is 0 Å². The van der Waals surface area contributed by atoms with Crippen molar-refractivity contribution in [3.05, 3.63) is 0 Å². The monoisotopic (exact) mass is 308 g/mol. The number of carboxylic acids is 1. The first-order valence-electron chi connectivity index (χ1n) is 6.35. The smallest absolute Gasteiger partial charge is 0.306 e. The predicted octanol–water partition coefficient (Wildman–Crippen LogP) is -1.50. The Bertz CT molecular complexity index is 359. The maximum Gasteiger partial charge on any atom is 0.306 e. The summed E-state index contributed by atoms with van der Waals surface area (Å²) in [6, 6.07) is 0. The maximum absolute atomic E-state index is 11.5. The van der Waals surface area contributed by atoms with Gasteiger partial charge in [-0.05, 0) is 0 Å². The lowest BCUT2D eigenvalue weighted by atomic mass is 9.99. The second kappa shape index (κ2) is 8.25. The summed E-state index contributed by atoms with van der Waals surface area (Å²) in [5.74, 6) is -1.99. The molecule has 1 saturated heterocycles. The molecule has 0 amide bonds. The van der Waals surface area contributed by atoms with Crippen LogP contribution in [0, 0.1) is 0 Å². The Balaban J connectivity index is 2.70. The van der Waals surface area contributed by atoms with Crippen LogP contribution in [0.25, 0.3) is 0 Å². The molecule has 0 aromatic rings. The largest absolute Gasteiger partial charge is 0.481 e. The Hall–Kier alpha value is -1.26. The van der Waals surface area contributed by atoms with Gasteiger partial charge in [0, 0.05) is 14.2 Å². The van der Waals surface area contributed by atoms with E-state index in [-0.39, 0.29) is 13.0 Å². The number of carbonyl (C=O) groups excluding carboxylic acids is 1. The van der Waals surface area contributed by atoms with E-state index >= 15 is 0 Å². The fourth-order valence-corrected chi connectivity index (χ4v) is 1.96. The van der Waals surface area contributed by atoms with Crippen molar-refractivity contribution in [2.24, 2.45) is 0 Å². The van der Waals surface area contributed by atoms with E-state index in [9.17, 15) is 19.8 Å². The van der Waals surface area contributed by atoms with E-state index in [1.54, 1.807) is 0 Å². The Kier molecular flexibility index (Phi) is 6.99. The first-order valence-corrected chi connectivity index (χ1v) is 6.35. The van der Waals surface area contributed by atoms with Crippen LogP contribution >= 0.6 is 0 Å². The van der Waals surface area contributed by atoms with E-state index in [1.807, 2.05) is 0 Å². The number of ether oxygens (including phenoxy) is 4. The first kappa shape index (κ1) is 17.8. The van der Waals surface area contributed by atoms with Crippen molar-refractivity contribution in [1.29, 1.82) is 0 Å². The molecule has 0 aromatic heterocycles. The summed E-state index contributed by atoms with van der Waals surface area (Å²) in [5, 5.41) is 28.5. The molecular weight excluding hydrogens is 288 g/mol. The van der Waals surface area contributed by atoms with Gasteiger partial charge in [-0.1, -0.05) is 0 Å². The molecule has 21 heavy (non-hydrogen) atoms. The zero-order valence-electron chi connectivity index (χ0n) is 11.8. The number of aliphatic hydroxyl groups is 2. The van der Waals surface area contributed by atoms with Gasteiger partial charge in [0.05, 0.1) is 19.4 Å². The van der Waals surface area contributed by atoms with Crippen LogP contribution < -0.4 is 0 Å². The Morgan fingerprint density at radius 1 is 1.14 bits per heavy atom. The number of aliphatic hydroxyl groups excluding tert-OH is 2. The van der Waals surface area contributed by atoms with Crippen LogP contribution in [0.1, 0.15) is 12.8 Å². The van der Waals surface area contributed by atoms with Gasteiger partial charge in [0.2, 0.25) is 0 Å². The summed E-state index contributed by atoms with van der Waals surface area (Å²) < 4.78 is 20.0. The molecule has 0 bridgehead atoms. The molecule has 1 aliphatic heterocycles. The van der Waals surface area contributed by atoms with E-state index in [1.165, 1.54) is 14.2 Å². The van der Waals surface area contributed by atoms with Gasteiger partial charge in [-0.3, -0.25) is 9.59 Å². The molecule has 0 radical (unpaired) electrons. The van der Waals surface area contributed by atoms with Crippen molar-refractivity contribution < 1.29 is 43.9 Å². The molecule has 3 N–H and O–H groups in total. The fourth-order valence-electron chi connectivity index (χ4n) is 1.96. The van der Waals surface area contributed by atoms with Crippen molar-refractivity contribution >= 4 is 11.9 Å². The van der Waals surface area contributed by atoms with Gasteiger partial charge < -0.3 is 34.3 Å². The average Bonchev–Trinajstić information content (AvgIpc) is 2.44. The highest BCUT2D eigenvalue weighted by atomic mass is 16.7. The average molecular weight is 308 g/mol. The number of methoxy groups -OCH3 is 2. The van der Waals surface area contributed by atoms with Crippen molar-refractivity contribution in [2.45, 2.75) is 43.5 Å². The van der Waals surface area contributed by atoms with Crippen molar-refractivity contribution in [3.63, 3.8) is 0 Å². The highest BCUT2D eigenvalue weighted by Gasteiger charge is 2.47. The van der Waals surface area contributed by atoms with Crippen LogP contribution in [0.5, 0.6) is 0 Å². The quantitative estimate of drug-likeness (QED) is 0.481. The van der Waals surface area contributed by atoms with Crippen LogP contribution in [0.2, 0.25) is 0 Å². The molecule has 5 unspecified atom stereocenters. The zero-order valence-corrected chi connectivity index (χ0v) is 11.8. The second-order valence-electron chi connectivity index (χ2n) is 4.56. The summed E-state index contributed by atoms with van der Waals surface area (Å²) in [4.78, 5) is 21.9. The lowest BCUT2D eigenvalue weighted by Gasteiger charge is -2.41. The highest BCUT2D eigenvalue weighted by molar-refractivity contribution is 5.76. The van der Waals surface area contributed by atoms with Crippen LogP contribution in [0.4, 0.5) is 0 Å². The molecule has 122 valence electrons. The second-order valence-corrected chi connectivity index (χ2v) is 4.56. The van der Waals surface area contributed by atoms with Gasteiger partial charge in [-0.15, -0.1) is 0 Å². The Morgan fingerprint density at radius 3 is 2.33 bits per heavy atom. The molecular formula is C12H20O9. The number of aliphatic carboxylic acids is 1. The van der Waals surface area contributed by atoms with Crippen molar-refractivity contribution in [1.82, 2.24) is 0 Å². The Morgan fingerprint density at radius 2 is 1.81 bits per heavy atom. The molecule has 1 rings (SSSR count). The molecule has 0 spiro atoms. The van der Waals surface area contributed by atoms with Crippen molar-refractivity contribution in [3.8, 4) is 0 Å². The molecule has 1 fully saturated rings. The van der Waals surface area contributed by atoms with Gasteiger partial charge in [-0.25, -0.2) is 0 Å². The SMILES string of the molecule is COCC1OC(OC)C(O)C(OC(=O)CCC(=O)O)C1O. The molecule has 9 heteroatoms. The summed E-state index contributed by atoms with van der Waals surface area (Å²) in [6.07, 6.45) is -6.70. The molecule has 0 saturated carbocycles. The third-order valence-electron chi connectivity index (χ3n) is 3.02. The van der Waals surface area contributed by atoms with Gasteiger partial charge in [0.1, 0.15) is 18.3 Å². The summed E-state index contributed by atoms with van der Waals surface area (Å²) in [6.45, 7) is 0.0108. The zero-order chi connectivity index (χ0) is 16.0. The third-order valence-corrected chi connectivity index (χ3v) is 3.02. The number of carboxylic acid groups (broad SMARTS) is 1. The predicted molar refractivity (Wildman–Crippen MR) is 66.3 cm³/mol. The van der Waals surface area contributed by atoms with Gasteiger partial charge in [-0.2, -0.15) is 0 Å². The number of esters is 1. The lowest BCUT2D eigenvalue weighted by Crippen LogP contribution is -2.60. The van der Waals surface area contributed by atoms with Gasteiger partial charge in [0.15, 0.2) is 12.4 Å². The minimum absolute atomic E-state index is 0.0108. The maximum atomic E-state index is 11.5.